The van der Waals surface area contributed by atoms with Crippen LogP contribution in [0.2, 0.25) is 0 Å². The number of nitrogens with zero attached hydrogens (tertiary/aromatic N) is 1. The molecule has 2 aliphatic heterocycles. The lowest BCUT2D eigenvalue weighted by Gasteiger charge is -2.47. The molecule has 2 fully saturated rings. The van der Waals surface area contributed by atoms with Crippen LogP contribution in [0, 0.1) is 17.5 Å². The van der Waals surface area contributed by atoms with Gasteiger partial charge in [0.05, 0.1) is 0 Å². The Kier molecular flexibility index (Phi) is 4.46. The van der Waals surface area contributed by atoms with E-state index in [1.165, 1.54) is 19.3 Å². The van der Waals surface area contributed by atoms with Crippen molar-refractivity contribution in [2.24, 2.45) is 0 Å². The maximum Gasteiger partial charge on any atom is 0.194 e. The summed E-state index contributed by atoms with van der Waals surface area (Å²) >= 11 is 0. The average molecular weight is 312 g/mol. The van der Waals surface area contributed by atoms with Crippen molar-refractivity contribution in [1.82, 2.24) is 10.2 Å². The summed E-state index contributed by atoms with van der Waals surface area (Å²) in [6.45, 7) is 1.88. The molecule has 2 heterocycles. The molecule has 0 radical (unpaired) electrons. The van der Waals surface area contributed by atoms with Crippen LogP contribution in [0.5, 0.6) is 0 Å². The minimum atomic E-state index is -1.40. The molecule has 4 atom stereocenters. The zero-order valence-corrected chi connectivity index (χ0v) is 13.1. The fraction of sp³-hybridized carbons (Fsp3) is 0.647. The third-order valence-corrected chi connectivity index (χ3v) is 5.33. The maximum absolute atomic E-state index is 13.4. The smallest absolute Gasteiger partial charge is 0.194 e. The molecule has 1 aromatic rings. The Balaban J connectivity index is 1.68. The van der Waals surface area contributed by atoms with Crippen LogP contribution in [0.4, 0.5) is 13.2 Å². The molecule has 5 heteroatoms. The average Bonchev–Trinajstić information content (AvgIpc) is 2.45. The van der Waals surface area contributed by atoms with Gasteiger partial charge in [0.1, 0.15) is 0 Å². The molecule has 0 aromatic heterocycles. The summed E-state index contributed by atoms with van der Waals surface area (Å²) in [4.78, 5) is 2.48. The third-order valence-electron chi connectivity index (χ3n) is 5.33. The van der Waals surface area contributed by atoms with Crippen LogP contribution in [0.15, 0.2) is 12.1 Å². The van der Waals surface area contributed by atoms with Crippen molar-refractivity contribution in [3.8, 4) is 0 Å². The highest BCUT2D eigenvalue weighted by atomic mass is 19.2. The molecule has 3 rings (SSSR count). The molecule has 22 heavy (non-hydrogen) atoms. The van der Waals surface area contributed by atoms with Crippen LogP contribution in [0.3, 0.4) is 0 Å². The molecule has 0 aliphatic carbocycles. The van der Waals surface area contributed by atoms with Crippen LogP contribution < -0.4 is 5.32 Å². The van der Waals surface area contributed by atoms with E-state index in [0.29, 0.717) is 23.7 Å². The number of halogens is 3. The molecule has 1 aromatic carbocycles. The fourth-order valence-electron chi connectivity index (χ4n) is 4.03. The second-order valence-electron chi connectivity index (χ2n) is 6.76. The van der Waals surface area contributed by atoms with E-state index < -0.39 is 17.5 Å². The summed E-state index contributed by atoms with van der Waals surface area (Å²) in [6.07, 6.45) is 5.85. The van der Waals surface area contributed by atoms with Crippen LogP contribution in [0.25, 0.3) is 0 Å². The molecule has 1 N–H and O–H groups in total. The Labute approximate surface area is 129 Å². The second kappa shape index (κ2) is 6.20. The topological polar surface area (TPSA) is 15.3 Å². The molecule has 0 saturated carbocycles. The predicted molar refractivity (Wildman–Crippen MR) is 80.1 cm³/mol. The van der Waals surface area contributed by atoms with Gasteiger partial charge in [0.25, 0.3) is 0 Å². The molecule has 2 aliphatic rings. The maximum atomic E-state index is 13.4. The van der Waals surface area contributed by atoms with Gasteiger partial charge in [-0.1, -0.05) is 6.42 Å². The van der Waals surface area contributed by atoms with E-state index in [1.807, 2.05) is 6.92 Å². The number of rotatable bonds is 3. The quantitative estimate of drug-likeness (QED) is 0.855. The molecule has 0 amide bonds. The molecular formula is C17H23F3N2. The highest BCUT2D eigenvalue weighted by Gasteiger charge is 2.36. The normalized spacial score (nSPS) is 30.3. The molecule has 2 nitrogen and oxygen atoms in total. The molecule has 122 valence electrons. The van der Waals surface area contributed by atoms with Gasteiger partial charge in [-0.05, 0) is 57.4 Å². The lowest BCUT2D eigenvalue weighted by molar-refractivity contribution is 0.0462. The van der Waals surface area contributed by atoms with Crippen molar-refractivity contribution in [2.45, 2.75) is 63.2 Å². The van der Waals surface area contributed by atoms with Gasteiger partial charge in [-0.15, -0.1) is 0 Å². The number of hydrogen-bond acceptors (Lipinski definition) is 2. The van der Waals surface area contributed by atoms with E-state index in [0.717, 1.165) is 25.0 Å². The zero-order chi connectivity index (χ0) is 15.9. The van der Waals surface area contributed by atoms with Crippen LogP contribution >= 0.6 is 0 Å². The van der Waals surface area contributed by atoms with E-state index in [4.69, 9.17) is 0 Å². The highest BCUT2D eigenvalue weighted by Crippen LogP contribution is 2.33. The minimum Gasteiger partial charge on any atom is -0.307 e. The van der Waals surface area contributed by atoms with Gasteiger partial charge in [-0.2, -0.15) is 0 Å². The van der Waals surface area contributed by atoms with Gasteiger partial charge >= 0.3 is 0 Å². The van der Waals surface area contributed by atoms with Crippen molar-refractivity contribution in [3.63, 3.8) is 0 Å². The lowest BCUT2D eigenvalue weighted by atomic mass is 9.82. The van der Waals surface area contributed by atoms with Crippen molar-refractivity contribution in [1.29, 1.82) is 0 Å². The lowest BCUT2D eigenvalue weighted by Crippen LogP contribution is -2.54. The Morgan fingerprint density at radius 2 is 1.64 bits per heavy atom. The Bertz CT molecular complexity index is 512. The van der Waals surface area contributed by atoms with Gasteiger partial charge < -0.3 is 10.2 Å². The summed E-state index contributed by atoms with van der Waals surface area (Å²) in [5, 5.41) is 3.48. The Morgan fingerprint density at radius 1 is 1.09 bits per heavy atom. The number of benzene rings is 1. The van der Waals surface area contributed by atoms with E-state index in [1.54, 1.807) is 0 Å². The van der Waals surface area contributed by atoms with E-state index in [-0.39, 0.29) is 6.04 Å². The Hall–Kier alpha value is -1.07. The molecule has 2 saturated heterocycles. The Morgan fingerprint density at radius 3 is 2.18 bits per heavy atom. The van der Waals surface area contributed by atoms with E-state index >= 15 is 0 Å². The predicted octanol–water partition coefficient (Wildman–Crippen LogP) is 3.77. The third kappa shape index (κ3) is 3.01. The first-order chi connectivity index (χ1) is 10.5. The van der Waals surface area contributed by atoms with Crippen molar-refractivity contribution >= 4 is 0 Å². The molecule has 1 unspecified atom stereocenters. The van der Waals surface area contributed by atoms with Crippen LogP contribution in [-0.2, 0) is 0 Å². The second-order valence-corrected chi connectivity index (χ2v) is 6.76. The number of piperidine rings is 2. The van der Waals surface area contributed by atoms with E-state index in [2.05, 4.69) is 17.3 Å². The summed E-state index contributed by atoms with van der Waals surface area (Å²) < 4.78 is 39.8. The monoisotopic (exact) mass is 312 g/mol. The van der Waals surface area contributed by atoms with Gasteiger partial charge in [-0.25, -0.2) is 13.2 Å². The first kappa shape index (κ1) is 15.8. The van der Waals surface area contributed by atoms with Crippen LogP contribution in [-0.4, -0.2) is 30.1 Å². The minimum absolute atomic E-state index is 0.196. The summed E-state index contributed by atoms with van der Waals surface area (Å²) in [5.41, 5.74) is 0.459. The standard InChI is InChI=1S/C17H23F3N2/c1-10(11-6-15(18)17(20)16(19)7-11)21-12-8-13-4-3-5-14(9-12)22(13)2/h6-7,10,12-14,21H,3-5,8-9H2,1-2H3/t10-,12?,13-,14+/m1/s1. The summed E-state index contributed by atoms with van der Waals surface area (Å²) in [6, 6.07) is 3.52. The van der Waals surface area contributed by atoms with Gasteiger partial charge in [-0.3, -0.25) is 0 Å². The first-order valence-electron chi connectivity index (χ1n) is 8.08. The SMILES string of the molecule is C[C@@H](NC1C[C@H]2CCC[C@@H](C1)N2C)c1cc(F)c(F)c(F)c1. The summed E-state index contributed by atoms with van der Waals surface area (Å²) in [7, 11) is 2.19. The largest absolute Gasteiger partial charge is 0.307 e. The molecular weight excluding hydrogens is 289 g/mol. The zero-order valence-electron chi connectivity index (χ0n) is 13.1. The van der Waals surface area contributed by atoms with Crippen LogP contribution in [0.1, 0.15) is 50.6 Å². The van der Waals surface area contributed by atoms with Crippen molar-refractivity contribution in [3.05, 3.63) is 35.1 Å². The number of fused-ring (bicyclic) bond motifs is 2. The number of nitrogens with one attached hydrogen (secondary N) is 1. The molecule has 2 bridgehead atoms. The van der Waals surface area contributed by atoms with Gasteiger partial charge in [0, 0.05) is 24.2 Å². The van der Waals surface area contributed by atoms with E-state index in [9.17, 15) is 13.2 Å². The van der Waals surface area contributed by atoms with Gasteiger partial charge in [0.2, 0.25) is 0 Å². The van der Waals surface area contributed by atoms with Gasteiger partial charge in [0.15, 0.2) is 17.5 Å². The molecule has 0 spiro atoms. The van der Waals surface area contributed by atoms with Crippen molar-refractivity contribution < 1.29 is 13.2 Å². The summed E-state index contributed by atoms with van der Waals surface area (Å²) in [5.74, 6) is -3.64. The van der Waals surface area contributed by atoms with Crippen molar-refractivity contribution in [2.75, 3.05) is 7.05 Å². The fourth-order valence-corrected chi connectivity index (χ4v) is 4.03. The number of hydrogen-bond donors (Lipinski definition) is 1. The highest BCUT2D eigenvalue weighted by molar-refractivity contribution is 5.22. The first-order valence-corrected chi connectivity index (χ1v) is 8.08.